The average Bonchev–Trinajstić information content (AvgIpc) is 3.60. The highest BCUT2D eigenvalue weighted by Crippen LogP contribution is 2.29. The SMILES string of the molecule is COc1ccc2cc1OCC(=O)NCc1ccc(cc1)O[C@H]1CN(C(=O)c3cn[nH]c3)C[C@@H]1NC(=O)CC2. The number of hydrogen-bond acceptors (Lipinski definition) is 7. The van der Waals surface area contributed by atoms with Crippen LogP contribution in [0.4, 0.5) is 0 Å². The largest absolute Gasteiger partial charge is 0.493 e. The highest BCUT2D eigenvalue weighted by molar-refractivity contribution is 5.94. The van der Waals surface area contributed by atoms with E-state index in [4.69, 9.17) is 14.2 Å². The number of benzene rings is 2. The summed E-state index contributed by atoms with van der Waals surface area (Å²) >= 11 is 0. The van der Waals surface area contributed by atoms with Gasteiger partial charge in [0.2, 0.25) is 5.91 Å². The van der Waals surface area contributed by atoms with Crippen LogP contribution in [0.3, 0.4) is 0 Å². The van der Waals surface area contributed by atoms with Crippen molar-refractivity contribution >= 4 is 17.7 Å². The lowest BCUT2D eigenvalue weighted by Gasteiger charge is -2.21. The Hall–Kier alpha value is -4.54. The molecule has 11 nitrogen and oxygen atoms in total. The second-order valence-corrected chi connectivity index (χ2v) is 9.22. The lowest BCUT2D eigenvalue weighted by atomic mass is 10.1. The van der Waals surface area contributed by atoms with E-state index in [1.807, 2.05) is 30.3 Å². The van der Waals surface area contributed by atoms with Crippen LogP contribution in [0.5, 0.6) is 17.2 Å². The van der Waals surface area contributed by atoms with Gasteiger partial charge < -0.3 is 29.7 Å². The number of nitrogens with zero attached hydrogens (tertiary/aromatic N) is 2. The zero-order chi connectivity index (χ0) is 26.5. The van der Waals surface area contributed by atoms with Crippen LogP contribution in [-0.4, -0.2) is 71.8 Å². The molecule has 11 heteroatoms. The van der Waals surface area contributed by atoms with Crippen molar-refractivity contribution in [3.8, 4) is 17.2 Å². The number of aromatic amines is 1. The number of ether oxygens (including phenoxy) is 3. The molecule has 2 atom stereocenters. The van der Waals surface area contributed by atoms with Gasteiger partial charge in [-0.05, 0) is 41.8 Å². The molecule has 2 aromatic carbocycles. The number of aromatic nitrogens is 2. The molecule has 3 N–H and O–H groups in total. The van der Waals surface area contributed by atoms with Crippen molar-refractivity contribution in [2.45, 2.75) is 31.5 Å². The Balaban J connectivity index is 1.37. The van der Waals surface area contributed by atoms with Gasteiger partial charge in [0, 0.05) is 25.7 Å². The van der Waals surface area contributed by atoms with Crippen LogP contribution in [-0.2, 0) is 22.6 Å². The number of H-pyrrole nitrogens is 1. The highest BCUT2D eigenvalue weighted by Gasteiger charge is 2.38. The Morgan fingerprint density at radius 3 is 2.63 bits per heavy atom. The maximum absolute atomic E-state index is 13.0. The third-order valence-electron chi connectivity index (χ3n) is 6.57. The van der Waals surface area contributed by atoms with E-state index in [1.165, 1.54) is 13.3 Å². The Kier molecular flexibility index (Phi) is 7.43. The topological polar surface area (TPSA) is 135 Å². The molecule has 0 aliphatic carbocycles. The van der Waals surface area contributed by atoms with E-state index >= 15 is 0 Å². The van der Waals surface area contributed by atoms with Crippen molar-refractivity contribution in [3.05, 3.63) is 71.5 Å². The van der Waals surface area contributed by atoms with E-state index in [0.717, 1.165) is 11.1 Å². The summed E-state index contributed by atoms with van der Waals surface area (Å²) in [5.74, 6) is 0.918. The van der Waals surface area contributed by atoms with E-state index in [-0.39, 0.29) is 30.7 Å². The van der Waals surface area contributed by atoms with Crippen LogP contribution in [0, 0.1) is 0 Å². The maximum Gasteiger partial charge on any atom is 0.258 e. The lowest BCUT2D eigenvalue weighted by molar-refractivity contribution is -0.123. The summed E-state index contributed by atoms with van der Waals surface area (Å²) in [6.07, 6.45) is 3.26. The lowest BCUT2D eigenvalue weighted by Crippen LogP contribution is -2.45. The molecule has 3 aromatic rings. The quantitative estimate of drug-likeness (QED) is 0.466. The average molecular weight is 520 g/mol. The summed E-state index contributed by atoms with van der Waals surface area (Å²) in [4.78, 5) is 39.9. The number of likely N-dealkylation sites (tertiary alicyclic amines) is 1. The van der Waals surface area contributed by atoms with E-state index in [2.05, 4.69) is 20.8 Å². The van der Waals surface area contributed by atoms with Crippen LogP contribution < -0.4 is 24.8 Å². The predicted octanol–water partition coefficient (Wildman–Crippen LogP) is 1.45. The molecule has 0 saturated carbocycles. The van der Waals surface area contributed by atoms with E-state index in [0.29, 0.717) is 48.9 Å². The normalized spacial score (nSPS) is 20.1. The molecular weight excluding hydrogens is 490 g/mol. The van der Waals surface area contributed by atoms with Gasteiger partial charge in [-0.25, -0.2) is 0 Å². The van der Waals surface area contributed by atoms with Crippen LogP contribution in [0.25, 0.3) is 0 Å². The second kappa shape index (κ2) is 11.2. The van der Waals surface area contributed by atoms with E-state index in [9.17, 15) is 14.4 Å². The van der Waals surface area contributed by atoms with Gasteiger partial charge in [-0.15, -0.1) is 0 Å². The first-order valence-corrected chi connectivity index (χ1v) is 12.4. The first-order chi connectivity index (χ1) is 18.5. The number of nitrogens with one attached hydrogen (secondary N) is 3. The number of aryl methyl sites for hydroxylation is 1. The van der Waals surface area contributed by atoms with Crippen LogP contribution >= 0.6 is 0 Å². The molecule has 1 aromatic heterocycles. The summed E-state index contributed by atoms with van der Waals surface area (Å²) in [5, 5.41) is 12.4. The number of amides is 3. The van der Waals surface area contributed by atoms with Gasteiger partial charge in [0.1, 0.15) is 11.9 Å². The first-order valence-electron chi connectivity index (χ1n) is 12.4. The Labute approximate surface area is 219 Å². The smallest absolute Gasteiger partial charge is 0.258 e. The first kappa shape index (κ1) is 25.1. The number of fused-ring (bicyclic) bond motifs is 9. The zero-order valence-corrected chi connectivity index (χ0v) is 20.9. The number of methoxy groups -OCH3 is 1. The highest BCUT2D eigenvalue weighted by atomic mass is 16.5. The molecule has 38 heavy (non-hydrogen) atoms. The molecule has 4 bridgehead atoms. The summed E-state index contributed by atoms with van der Waals surface area (Å²) in [6.45, 7) is 0.782. The molecule has 0 spiro atoms. The summed E-state index contributed by atoms with van der Waals surface area (Å²) < 4.78 is 17.3. The predicted molar refractivity (Wildman–Crippen MR) is 136 cm³/mol. The number of carbonyl (C=O) groups excluding carboxylic acids is 3. The van der Waals surface area contributed by atoms with Crippen LogP contribution in [0.15, 0.2) is 54.9 Å². The molecule has 1 fully saturated rings. The van der Waals surface area contributed by atoms with Crippen LogP contribution in [0.2, 0.25) is 0 Å². The van der Waals surface area contributed by atoms with E-state index < -0.39 is 12.1 Å². The number of carbonyl (C=O) groups is 3. The van der Waals surface area contributed by atoms with Gasteiger partial charge >= 0.3 is 0 Å². The molecule has 6 rings (SSSR count). The summed E-state index contributed by atoms with van der Waals surface area (Å²) in [6, 6.07) is 12.3. The third kappa shape index (κ3) is 5.88. The van der Waals surface area contributed by atoms with Crippen molar-refractivity contribution in [1.82, 2.24) is 25.7 Å². The third-order valence-corrected chi connectivity index (χ3v) is 6.57. The fraction of sp³-hybridized carbons (Fsp3) is 0.333. The fourth-order valence-electron chi connectivity index (χ4n) is 4.53. The molecule has 3 amide bonds. The van der Waals surface area contributed by atoms with Crippen molar-refractivity contribution in [1.29, 1.82) is 0 Å². The van der Waals surface area contributed by atoms with Crippen molar-refractivity contribution in [3.63, 3.8) is 0 Å². The molecule has 3 aliphatic heterocycles. The van der Waals surface area contributed by atoms with Gasteiger partial charge in [-0.2, -0.15) is 5.10 Å². The Morgan fingerprint density at radius 2 is 1.87 bits per heavy atom. The minimum atomic E-state index is -0.441. The standard InChI is InChI=1S/C27H29N5O6/c1-36-22-8-4-17-5-9-25(33)31-21-14-32(27(35)19-12-29-30-13-19)15-24(21)38-20-6-2-18(3-7-20)11-28-26(34)16-37-23(22)10-17/h2-4,6-8,10,12-13,21,24H,5,9,11,14-16H2,1H3,(H,28,34)(H,29,30)(H,31,33)/t21-,24-/m0/s1. The van der Waals surface area contributed by atoms with Crippen LogP contribution in [0.1, 0.15) is 27.9 Å². The van der Waals surface area contributed by atoms with Crippen molar-refractivity contribution in [2.75, 3.05) is 26.8 Å². The minimum Gasteiger partial charge on any atom is -0.493 e. The van der Waals surface area contributed by atoms with Gasteiger partial charge in [0.25, 0.3) is 11.8 Å². The zero-order valence-electron chi connectivity index (χ0n) is 20.9. The van der Waals surface area contributed by atoms with Crippen molar-refractivity contribution < 1.29 is 28.6 Å². The van der Waals surface area contributed by atoms with Gasteiger partial charge in [0.15, 0.2) is 18.1 Å². The molecule has 0 unspecified atom stereocenters. The summed E-state index contributed by atoms with van der Waals surface area (Å²) in [7, 11) is 1.53. The van der Waals surface area contributed by atoms with E-state index in [1.54, 1.807) is 23.2 Å². The minimum absolute atomic E-state index is 0.160. The number of rotatable bonds is 2. The molecular formula is C27H29N5O6. The Bertz CT molecular complexity index is 1290. The summed E-state index contributed by atoms with van der Waals surface area (Å²) in [5.41, 5.74) is 2.19. The fourth-order valence-corrected chi connectivity index (χ4v) is 4.53. The molecule has 0 radical (unpaired) electrons. The van der Waals surface area contributed by atoms with Crippen molar-refractivity contribution in [2.24, 2.45) is 0 Å². The maximum atomic E-state index is 13.0. The molecule has 198 valence electrons. The molecule has 3 aliphatic rings. The number of hydrogen-bond donors (Lipinski definition) is 3. The monoisotopic (exact) mass is 519 g/mol. The van der Waals surface area contributed by atoms with Gasteiger partial charge in [-0.1, -0.05) is 18.2 Å². The van der Waals surface area contributed by atoms with Gasteiger partial charge in [0.05, 0.1) is 31.5 Å². The molecule has 4 heterocycles. The Morgan fingerprint density at radius 1 is 1.05 bits per heavy atom. The van der Waals surface area contributed by atoms with Gasteiger partial charge in [-0.3, -0.25) is 19.5 Å². The molecule has 1 saturated heterocycles. The second-order valence-electron chi connectivity index (χ2n) is 9.22.